The molecule has 0 aliphatic heterocycles. The highest BCUT2D eigenvalue weighted by molar-refractivity contribution is 7.53. The molecule has 31 heavy (non-hydrogen) atoms. The van der Waals surface area contributed by atoms with Crippen molar-refractivity contribution in [3.63, 3.8) is 0 Å². The smallest absolute Gasteiger partial charge is 0.362 e. The van der Waals surface area contributed by atoms with Crippen molar-refractivity contribution in [3.05, 3.63) is 24.3 Å². The summed E-state index contributed by atoms with van der Waals surface area (Å²) in [7, 11) is 0.955. The minimum Gasteiger partial charge on any atom is -0.373 e. The number of likely N-dealkylation sites (N-methyl/N-ethyl adjacent to an activating group) is 1. The predicted octanol–water partition coefficient (Wildman–Crippen LogP) is 6.54. The van der Waals surface area contributed by atoms with Crippen LogP contribution in [0.1, 0.15) is 103 Å². The Morgan fingerprint density at radius 3 is 1.58 bits per heavy atom. The molecular formula is C25H51NO4P+. The molecule has 0 bridgehead atoms. The normalized spacial score (nSPS) is 15.2. The summed E-state index contributed by atoms with van der Waals surface area (Å²) in [6.45, 7) is 2.30. The Bertz CT molecular complexity index is 536. The molecule has 0 heterocycles. The molecule has 0 aromatic heterocycles. The van der Waals surface area contributed by atoms with Crippen molar-refractivity contribution >= 4 is 7.60 Å². The van der Waals surface area contributed by atoms with Crippen LogP contribution in [-0.2, 0) is 4.57 Å². The van der Waals surface area contributed by atoms with E-state index in [1.54, 1.807) is 0 Å². The maximum atomic E-state index is 11.8. The quantitative estimate of drug-likeness (QED) is 0.0834. The number of nitrogens with zero attached hydrogens (tertiary/aromatic N) is 1. The van der Waals surface area contributed by atoms with E-state index < -0.39 is 12.9 Å². The molecule has 1 atom stereocenters. The second-order valence-corrected chi connectivity index (χ2v) is 11.9. The molecule has 5 nitrogen and oxygen atoms in total. The van der Waals surface area contributed by atoms with Gasteiger partial charge in [0, 0.05) is 0 Å². The molecule has 0 saturated heterocycles. The Hall–Kier alpha value is -0.450. The van der Waals surface area contributed by atoms with E-state index in [-0.39, 0.29) is 13.0 Å². The zero-order valence-electron chi connectivity index (χ0n) is 20.8. The molecule has 0 aromatic rings. The lowest BCUT2D eigenvalue weighted by Gasteiger charge is -2.35. The summed E-state index contributed by atoms with van der Waals surface area (Å²) in [5, 5.41) is 8.61. The van der Waals surface area contributed by atoms with Gasteiger partial charge in [0.2, 0.25) is 5.34 Å². The van der Waals surface area contributed by atoms with E-state index in [9.17, 15) is 19.5 Å². The first-order chi connectivity index (χ1) is 14.5. The Balaban J connectivity index is 3.71. The molecule has 0 rings (SSSR count). The molecule has 1 unspecified atom stereocenters. The van der Waals surface area contributed by atoms with Crippen molar-refractivity contribution in [1.82, 2.24) is 0 Å². The van der Waals surface area contributed by atoms with Gasteiger partial charge in [-0.25, -0.2) is 0 Å². The molecule has 6 heteroatoms. The molecule has 3 N–H and O–H groups in total. The van der Waals surface area contributed by atoms with Crippen LogP contribution in [0.25, 0.3) is 0 Å². The summed E-state index contributed by atoms with van der Waals surface area (Å²) in [5.74, 6) is 0. The fourth-order valence-corrected chi connectivity index (χ4v) is 4.86. The monoisotopic (exact) mass is 460 g/mol. The van der Waals surface area contributed by atoms with E-state index >= 15 is 0 Å². The van der Waals surface area contributed by atoms with Crippen LogP contribution < -0.4 is 0 Å². The fraction of sp³-hybridized carbons (Fsp3) is 0.840. The highest BCUT2D eigenvalue weighted by atomic mass is 31.2. The van der Waals surface area contributed by atoms with Gasteiger partial charge in [0.05, 0.1) is 21.1 Å². The second-order valence-electron chi connectivity index (χ2n) is 10.0. The van der Waals surface area contributed by atoms with Gasteiger partial charge in [-0.15, -0.1) is 0 Å². The summed E-state index contributed by atoms with van der Waals surface area (Å²) in [4.78, 5) is 19.2. The van der Waals surface area contributed by atoms with E-state index in [0.29, 0.717) is 10.9 Å². The van der Waals surface area contributed by atoms with Gasteiger partial charge in [-0.3, -0.25) is 4.57 Å². The van der Waals surface area contributed by atoms with Gasteiger partial charge >= 0.3 is 7.60 Å². The van der Waals surface area contributed by atoms with Crippen LogP contribution in [0.2, 0.25) is 0 Å². The van der Waals surface area contributed by atoms with Crippen LogP contribution in [0, 0.1) is 0 Å². The third-order valence-electron chi connectivity index (χ3n) is 5.53. The minimum atomic E-state index is -4.55. The highest BCUT2D eigenvalue weighted by Crippen LogP contribution is 2.52. The van der Waals surface area contributed by atoms with E-state index in [2.05, 4.69) is 31.2 Å². The third kappa shape index (κ3) is 17.7. The molecule has 0 spiro atoms. The Kier molecular flexibility index (Phi) is 16.8. The van der Waals surface area contributed by atoms with E-state index in [1.807, 2.05) is 21.1 Å². The fourth-order valence-electron chi connectivity index (χ4n) is 3.81. The standard InChI is InChI=1S/C25H50NO4P/c1-5-6-7-8-9-10-11-12-13-14-15-16-17-18-19-20-21-22-23-25(27,31(28,29)30)24-26(2,3)4/h10-11,14-15,27H,5-9,12-13,16-24H2,1-4H3,(H-,28,29,30)/p+1/b11-10-,15-14-. The number of quaternary nitrogens is 1. The van der Waals surface area contributed by atoms with Crippen LogP contribution in [-0.4, -0.2) is 52.4 Å². The van der Waals surface area contributed by atoms with Gasteiger partial charge in [-0.2, -0.15) is 0 Å². The number of allylic oxidation sites excluding steroid dienone is 4. The van der Waals surface area contributed by atoms with Crippen molar-refractivity contribution in [1.29, 1.82) is 0 Å². The molecular weight excluding hydrogens is 409 g/mol. The van der Waals surface area contributed by atoms with Crippen molar-refractivity contribution in [3.8, 4) is 0 Å². The van der Waals surface area contributed by atoms with Crippen molar-refractivity contribution in [2.24, 2.45) is 0 Å². The van der Waals surface area contributed by atoms with Crippen molar-refractivity contribution in [2.45, 2.75) is 109 Å². The Morgan fingerprint density at radius 1 is 0.710 bits per heavy atom. The Morgan fingerprint density at radius 2 is 1.13 bits per heavy atom. The average molecular weight is 461 g/mol. The van der Waals surface area contributed by atoms with Gasteiger partial charge in [-0.05, 0) is 51.4 Å². The summed E-state index contributed by atoms with van der Waals surface area (Å²) in [6, 6.07) is 0. The number of hydrogen-bond donors (Lipinski definition) is 3. The Labute approximate surface area is 192 Å². The molecule has 0 radical (unpaired) electrons. The molecule has 0 fully saturated rings. The number of aliphatic hydroxyl groups is 1. The number of unbranched alkanes of at least 4 members (excludes halogenated alkanes) is 11. The van der Waals surface area contributed by atoms with E-state index in [4.69, 9.17) is 0 Å². The third-order valence-corrected chi connectivity index (χ3v) is 6.97. The lowest BCUT2D eigenvalue weighted by molar-refractivity contribution is -0.875. The zero-order valence-corrected chi connectivity index (χ0v) is 21.7. The lowest BCUT2D eigenvalue weighted by atomic mass is 10.1. The molecule has 184 valence electrons. The molecule has 0 saturated carbocycles. The van der Waals surface area contributed by atoms with Crippen LogP contribution in [0.5, 0.6) is 0 Å². The topological polar surface area (TPSA) is 77.8 Å². The first-order valence-corrected chi connectivity index (χ1v) is 14.0. The van der Waals surface area contributed by atoms with Crippen molar-refractivity contribution in [2.75, 3.05) is 27.7 Å². The average Bonchev–Trinajstić information content (AvgIpc) is 2.65. The second kappa shape index (κ2) is 17.1. The first-order valence-electron chi connectivity index (χ1n) is 12.4. The molecule has 0 aromatic carbocycles. The van der Waals surface area contributed by atoms with Gasteiger partial charge in [-0.1, -0.05) is 76.2 Å². The lowest BCUT2D eigenvalue weighted by Crippen LogP contribution is -2.49. The zero-order chi connectivity index (χ0) is 23.6. The maximum absolute atomic E-state index is 11.8. The van der Waals surface area contributed by atoms with Crippen LogP contribution in [0.3, 0.4) is 0 Å². The molecule has 0 aliphatic carbocycles. The first kappa shape index (κ1) is 30.6. The van der Waals surface area contributed by atoms with E-state index in [1.165, 1.54) is 44.9 Å². The van der Waals surface area contributed by atoms with Crippen LogP contribution in [0.15, 0.2) is 24.3 Å². The van der Waals surface area contributed by atoms with Gasteiger partial charge < -0.3 is 19.4 Å². The molecule has 0 aliphatic rings. The molecule has 0 amide bonds. The largest absolute Gasteiger partial charge is 0.373 e. The number of rotatable bonds is 20. The van der Waals surface area contributed by atoms with Gasteiger partial charge in [0.25, 0.3) is 0 Å². The summed E-state index contributed by atoms with van der Waals surface area (Å²) in [6.07, 6.45) is 25.4. The predicted molar refractivity (Wildman–Crippen MR) is 133 cm³/mol. The summed E-state index contributed by atoms with van der Waals surface area (Å²) < 4.78 is 12.1. The minimum absolute atomic E-state index is 0.0539. The highest BCUT2D eigenvalue weighted by Gasteiger charge is 2.48. The van der Waals surface area contributed by atoms with Gasteiger partial charge in [0.1, 0.15) is 6.54 Å². The maximum Gasteiger partial charge on any atom is 0.362 e. The van der Waals surface area contributed by atoms with Crippen molar-refractivity contribution < 1.29 is 23.9 Å². The summed E-state index contributed by atoms with van der Waals surface area (Å²) in [5.41, 5.74) is 0. The summed E-state index contributed by atoms with van der Waals surface area (Å²) >= 11 is 0. The van der Waals surface area contributed by atoms with E-state index in [0.717, 1.165) is 38.5 Å². The number of hydrogen-bond acceptors (Lipinski definition) is 2. The SMILES string of the molecule is CCCCCC/C=C\CC/C=C\CCCCCCCCC(O)(C[N+](C)(C)C)P(=O)(O)O. The van der Waals surface area contributed by atoms with Crippen LogP contribution in [0.4, 0.5) is 0 Å². The van der Waals surface area contributed by atoms with Gasteiger partial charge in [0.15, 0.2) is 0 Å². The van der Waals surface area contributed by atoms with Crippen LogP contribution >= 0.6 is 7.60 Å².